The number of carbonyl (C=O) groups excluding carboxylic acids is 1. The van der Waals surface area contributed by atoms with Gasteiger partial charge in [0, 0.05) is 7.11 Å². The lowest BCUT2D eigenvalue weighted by Crippen LogP contribution is -2.15. The number of ether oxygens (including phenoxy) is 1. The van der Waals surface area contributed by atoms with Gasteiger partial charge in [0.25, 0.3) is 0 Å². The van der Waals surface area contributed by atoms with E-state index in [0.29, 0.717) is 11.8 Å². The monoisotopic (exact) mass is 198 g/mol. The molecular weight excluding hydrogens is 176 g/mol. The van der Waals surface area contributed by atoms with Crippen molar-refractivity contribution in [1.82, 2.24) is 0 Å². The summed E-state index contributed by atoms with van der Waals surface area (Å²) in [4.78, 5) is 10.7. The molecule has 0 amide bonds. The highest BCUT2D eigenvalue weighted by Crippen LogP contribution is 2.18. The Labute approximate surface area is 87.3 Å². The summed E-state index contributed by atoms with van der Waals surface area (Å²) in [6.07, 6.45) is 4.47. The fraction of sp³-hybridized carbons (Fsp3) is 0.750. The van der Waals surface area contributed by atoms with Crippen LogP contribution in [0, 0.1) is 11.8 Å². The molecule has 0 spiro atoms. The van der Waals surface area contributed by atoms with Gasteiger partial charge in [-0.15, -0.1) is 0 Å². The Morgan fingerprint density at radius 1 is 1.36 bits per heavy atom. The third kappa shape index (κ3) is 5.92. The Morgan fingerprint density at radius 3 is 2.29 bits per heavy atom. The second kappa shape index (κ2) is 6.77. The van der Waals surface area contributed by atoms with Crippen molar-refractivity contribution in [2.24, 2.45) is 11.8 Å². The Hall–Kier alpha value is -0.630. The number of ketones is 1. The van der Waals surface area contributed by atoms with Gasteiger partial charge in [0.15, 0.2) is 5.78 Å². The zero-order valence-electron chi connectivity index (χ0n) is 9.91. The number of methoxy groups -OCH3 is 1. The molecule has 2 nitrogen and oxygen atoms in total. The Morgan fingerprint density at radius 2 is 1.93 bits per heavy atom. The lowest BCUT2D eigenvalue weighted by molar-refractivity contribution is -0.112. The van der Waals surface area contributed by atoms with E-state index in [2.05, 4.69) is 20.8 Å². The highest BCUT2D eigenvalue weighted by Gasteiger charge is 2.12. The summed E-state index contributed by atoms with van der Waals surface area (Å²) in [7, 11) is 1.68. The van der Waals surface area contributed by atoms with Crippen LogP contribution in [-0.2, 0) is 9.53 Å². The van der Waals surface area contributed by atoms with Crippen LogP contribution in [0.3, 0.4) is 0 Å². The molecule has 0 aromatic carbocycles. The van der Waals surface area contributed by atoms with E-state index in [1.54, 1.807) is 20.1 Å². The molecule has 82 valence electrons. The number of hydrogen-bond acceptors (Lipinski definition) is 2. The van der Waals surface area contributed by atoms with Gasteiger partial charge in [-0.2, -0.15) is 0 Å². The predicted octanol–water partition coefficient (Wildman–Crippen LogP) is 2.83. The van der Waals surface area contributed by atoms with Gasteiger partial charge in [-0.3, -0.25) is 4.79 Å². The smallest absolute Gasteiger partial charge is 0.152 e. The molecule has 0 aliphatic rings. The molecule has 14 heavy (non-hydrogen) atoms. The summed E-state index contributed by atoms with van der Waals surface area (Å²) in [5.74, 6) is 1.33. The van der Waals surface area contributed by atoms with Gasteiger partial charge < -0.3 is 4.74 Å². The van der Waals surface area contributed by atoms with Crippen molar-refractivity contribution < 1.29 is 9.53 Å². The Bertz CT molecular complexity index is 194. The molecule has 0 fully saturated rings. The van der Waals surface area contributed by atoms with Crippen LogP contribution in [0.4, 0.5) is 0 Å². The normalized spacial score (nSPS) is 16.1. The van der Waals surface area contributed by atoms with Crippen LogP contribution in [0.2, 0.25) is 0 Å². The first-order chi connectivity index (χ1) is 6.47. The van der Waals surface area contributed by atoms with Crippen LogP contribution in [0.5, 0.6) is 0 Å². The SMILES string of the molecule is COC(/C=C/C(C)=O)CC(C)C(C)C. The number of allylic oxidation sites excluding steroid dienone is 1. The topological polar surface area (TPSA) is 26.3 Å². The summed E-state index contributed by atoms with van der Waals surface area (Å²) >= 11 is 0. The zero-order valence-corrected chi connectivity index (χ0v) is 9.91. The Kier molecular flexibility index (Phi) is 6.46. The van der Waals surface area contributed by atoms with Crippen molar-refractivity contribution in [2.75, 3.05) is 7.11 Å². The van der Waals surface area contributed by atoms with E-state index in [1.807, 2.05) is 6.08 Å². The largest absolute Gasteiger partial charge is 0.377 e. The van der Waals surface area contributed by atoms with E-state index in [0.717, 1.165) is 6.42 Å². The average Bonchev–Trinajstić information content (AvgIpc) is 2.11. The lowest BCUT2D eigenvalue weighted by Gasteiger charge is -2.19. The van der Waals surface area contributed by atoms with Gasteiger partial charge >= 0.3 is 0 Å². The average molecular weight is 198 g/mol. The molecule has 0 N–H and O–H groups in total. The van der Waals surface area contributed by atoms with Gasteiger partial charge in [0.05, 0.1) is 6.10 Å². The summed E-state index contributed by atoms with van der Waals surface area (Å²) in [5.41, 5.74) is 0. The first-order valence-electron chi connectivity index (χ1n) is 5.19. The minimum absolute atomic E-state index is 0.0660. The van der Waals surface area contributed by atoms with Crippen LogP contribution in [-0.4, -0.2) is 19.0 Å². The van der Waals surface area contributed by atoms with Crippen molar-refractivity contribution >= 4 is 5.78 Å². The van der Waals surface area contributed by atoms with E-state index >= 15 is 0 Å². The third-order valence-electron chi connectivity index (χ3n) is 2.59. The first-order valence-corrected chi connectivity index (χ1v) is 5.19. The maximum absolute atomic E-state index is 10.7. The predicted molar refractivity (Wildman–Crippen MR) is 59.2 cm³/mol. The van der Waals surface area contributed by atoms with Crippen LogP contribution in [0.1, 0.15) is 34.1 Å². The molecule has 0 rings (SSSR count). The summed E-state index contributed by atoms with van der Waals surface area (Å²) in [6.45, 7) is 8.16. The van der Waals surface area contributed by atoms with Gasteiger partial charge in [-0.1, -0.05) is 26.8 Å². The molecule has 0 bridgehead atoms. The quantitative estimate of drug-likeness (QED) is 0.613. The fourth-order valence-electron chi connectivity index (χ4n) is 1.13. The minimum Gasteiger partial charge on any atom is -0.377 e. The first kappa shape index (κ1) is 13.4. The van der Waals surface area contributed by atoms with Crippen LogP contribution >= 0.6 is 0 Å². The van der Waals surface area contributed by atoms with Gasteiger partial charge in [0.2, 0.25) is 0 Å². The van der Waals surface area contributed by atoms with E-state index in [-0.39, 0.29) is 11.9 Å². The highest BCUT2D eigenvalue weighted by atomic mass is 16.5. The molecule has 0 aliphatic heterocycles. The van der Waals surface area contributed by atoms with E-state index in [1.165, 1.54) is 0 Å². The van der Waals surface area contributed by atoms with Gasteiger partial charge in [-0.05, 0) is 31.3 Å². The van der Waals surface area contributed by atoms with Crippen LogP contribution < -0.4 is 0 Å². The van der Waals surface area contributed by atoms with E-state index in [9.17, 15) is 4.79 Å². The second-order valence-corrected chi connectivity index (χ2v) is 4.20. The van der Waals surface area contributed by atoms with Crippen molar-refractivity contribution in [1.29, 1.82) is 0 Å². The molecule has 0 heterocycles. The zero-order chi connectivity index (χ0) is 11.1. The van der Waals surface area contributed by atoms with E-state index < -0.39 is 0 Å². The maximum atomic E-state index is 10.7. The fourth-order valence-corrected chi connectivity index (χ4v) is 1.13. The molecule has 2 heteroatoms. The van der Waals surface area contributed by atoms with E-state index in [4.69, 9.17) is 4.74 Å². The van der Waals surface area contributed by atoms with Crippen molar-refractivity contribution in [3.63, 3.8) is 0 Å². The number of hydrogen-bond donors (Lipinski definition) is 0. The summed E-state index contributed by atoms with van der Waals surface area (Å²) < 4.78 is 5.28. The van der Waals surface area contributed by atoms with Crippen LogP contribution in [0.15, 0.2) is 12.2 Å². The van der Waals surface area contributed by atoms with Crippen molar-refractivity contribution in [2.45, 2.75) is 40.2 Å². The summed E-state index contributed by atoms with van der Waals surface area (Å²) in [5, 5.41) is 0. The van der Waals surface area contributed by atoms with Crippen LogP contribution in [0.25, 0.3) is 0 Å². The molecular formula is C12H22O2. The standard InChI is InChI=1S/C12H22O2/c1-9(2)10(3)8-12(14-5)7-6-11(4)13/h6-7,9-10,12H,8H2,1-5H3/b7-6+. The molecule has 0 aromatic heterocycles. The lowest BCUT2D eigenvalue weighted by atomic mass is 9.92. The molecule has 0 saturated heterocycles. The summed E-state index contributed by atoms with van der Waals surface area (Å²) in [6, 6.07) is 0. The van der Waals surface area contributed by atoms with Crippen molar-refractivity contribution in [3.8, 4) is 0 Å². The minimum atomic E-state index is 0.0660. The molecule has 0 aliphatic carbocycles. The molecule has 0 radical (unpaired) electrons. The number of carbonyl (C=O) groups is 1. The molecule has 0 saturated carbocycles. The highest BCUT2D eigenvalue weighted by molar-refractivity contribution is 5.87. The number of rotatable bonds is 6. The molecule has 2 atom stereocenters. The van der Waals surface area contributed by atoms with Crippen molar-refractivity contribution in [3.05, 3.63) is 12.2 Å². The maximum Gasteiger partial charge on any atom is 0.152 e. The molecule has 0 aromatic rings. The molecule has 2 unspecified atom stereocenters. The third-order valence-corrected chi connectivity index (χ3v) is 2.59. The Balaban J connectivity index is 4.09. The second-order valence-electron chi connectivity index (χ2n) is 4.20. The van der Waals surface area contributed by atoms with Gasteiger partial charge in [0.1, 0.15) is 0 Å². The van der Waals surface area contributed by atoms with Gasteiger partial charge in [-0.25, -0.2) is 0 Å².